The smallest absolute Gasteiger partial charge is 0.233 e. The monoisotopic (exact) mass is 732 g/mol. The van der Waals surface area contributed by atoms with Crippen molar-refractivity contribution in [3.8, 4) is 0 Å². The van der Waals surface area contributed by atoms with E-state index in [1.807, 2.05) is 31.9 Å². The number of nitrogens with zero attached hydrogens (tertiary/aromatic N) is 5. The molecule has 0 spiro atoms. The zero-order valence-corrected chi connectivity index (χ0v) is 31.6. The summed E-state index contributed by atoms with van der Waals surface area (Å²) in [5.41, 5.74) is 9.98. The first-order valence-corrected chi connectivity index (χ1v) is 18.8. The van der Waals surface area contributed by atoms with E-state index in [4.69, 9.17) is 21.7 Å². The van der Waals surface area contributed by atoms with E-state index < -0.39 is 0 Å². The fourth-order valence-electron chi connectivity index (χ4n) is 7.73. The van der Waals surface area contributed by atoms with Gasteiger partial charge in [0.05, 0.1) is 29.0 Å². The van der Waals surface area contributed by atoms with Crippen LogP contribution in [0.15, 0.2) is 85.0 Å². The van der Waals surface area contributed by atoms with Crippen LogP contribution in [0.4, 0.5) is 28.8 Å². The van der Waals surface area contributed by atoms with Gasteiger partial charge in [-0.2, -0.15) is 10.1 Å². The second-order valence-corrected chi connectivity index (χ2v) is 14.9. The van der Waals surface area contributed by atoms with Crippen LogP contribution in [0.5, 0.6) is 0 Å². The molecule has 0 bridgehead atoms. The Morgan fingerprint density at radius 2 is 1.91 bits per heavy atom. The van der Waals surface area contributed by atoms with Crippen molar-refractivity contribution in [2.45, 2.75) is 63.3 Å². The zero-order chi connectivity index (χ0) is 37.2. The number of nitrogens with one attached hydrogen (secondary N) is 5. The number of para-hydroxylation sites is 1. The van der Waals surface area contributed by atoms with E-state index in [2.05, 4.69) is 92.6 Å². The topological polar surface area (TPSA) is 124 Å². The molecular weight excluding hydrogens is 684 g/mol. The molecule has 12 heteroatoms. The lowest BCUT2D eigenvalue weighted by Crippen LogP contribution is -2.33. The number of anilines is 5. The lowest BCUT2D eigenvalue weighted by atomic mass is 9.86. The maximum Gasteiger partial charge on any atom is 0.233 e. The molecule has 0 radical (unpaired) electrons. The van der Waals surface area contributed by atoms with Gasteiger partial charge in [0.2, 0.25) is 11.9 Å². The van der Waals surface area contributed by atoms with Gasteiger partial charge < -0.3 is 31.5 Å². The van der Waals surface area contributed by atoms with Crippen molar-refractivity contribution >= 4 is 63.3 Å². The van der Waals surface area contributed by atoms with Crippen molar-refractivity contribution in [1.82, 2.24) is 30.4 Å². The standard InChI is InChI=1S/C41H49ClN10O/c1-24(43-4)10-14-28-20-29-21-31(17-19-36(29)51(5)26(28)3)48-39-34(42)23-45-41(49-39)44-22-27-12-15-30(16-13-27)47-35-9-7-8-32-37(50-52(6)38(32)35)33-18-11-25(2)46-40(33)53/h7-9,17,19-21,23,27,30,33,43,47H,1-3,10-16,18,22H2,4-6H3,(H,46,53)(H2,44,45,48,49). The first-order valence-electron chi connectivity index (χ1n) is 18.4. The normalized spacial score (nSPS) is 20.1. The van der Waals surface area contributed by atoms with Gasteiger partial charge in [0.1, 0.15) is 5.02 Å². The van der Waals surface area contributed by atoms with E-state index in [-0.39, 0.29) is 11.8 Å². The van der Waals surface area contributed by atoms with Gasteiger partial charge in [0.25, 0.3) is 0 Å². The number of halogens is 1. The highest BCUT2D eigenvalue weighted by Crippen LogP contribution is 2.38. The number of hydrogen-bond acceptors (Lipinski definition) is 9. The summed E-state index contributed by atoms with van der Waals surface area (Å²) in [7, 11) is 5.91. The highest BCUT2D eigenvalue weighted by molar-refractivity contribution is 6.32. The molecule has 1 amide bonds. The SMILES string of the molecule is C=C(CCC1=Cc2cc(Nc3nc(NCC4CCC(Nc5cccc6c(C7CCC(=C)NC7=O)nn(C)c56)CC4)ncc3Cl)ccc2N(C)C1=C)NC. The number of aromatic nitrogens is 4. The van der Waals surface area contributed by atoms with Crippen LogP contribution in [0.25, 0.3) is 17.0 Å². The van der Waals surface area contributed by atoms with E-state index in [1.54, 1.807) is 6.20 Å². The summed E-state index contributed by atoms with van der Waals surface area (Å²) >= 11 is 6.58. The zero-order valence-electron chi connectivity index (χ0n) is 30.9. The summed E-state index contributed by atoms with van der Waals surface area (Å²) in [6.45, 7) is 13.1. The third kappa shape index (κ3) is 7.76. The van der Waals surface area contributed by atoms with Gasteiger partial charge in [-0.3, -0.25) is 9.48 Å². The van der Waals surface area contributed by atoms with Gasteiger partial charge in [-0.1, -0.05) is 43.5 Å². The number of rotatable bonds is 12. The third-order valence-electron chi connectivity index (χ3n) is 10.9. The Hall–Kier alpha value is -5.29. The number of piperidine rings is 1. The third-order valence-corrected chi connectivity index (χ3v) is 11.2. The number of aryl methyl sites for hydroxylation is 1. The maximum atomic E-state index is 12.8. The fraction of sp³-hybridized carbons (Fsp3) is 0.366. The van der Waals surface area contributed by atoms with Gasteiger partial charge in [0, 0.05) is 73.1 Å². The van der Waals surface area contributed by atoms with E-state index in [9.17, 15) is 4.79 Å². The number of carbonyl (C=O) groups is 1. The Morgan fingerprint density at radius 3 is 2.68 bits per heavy atom. The highest BCUT2D eigenvalue weighted by atomic mass is 35.5. The first-order chi connectivity index (χ1) is 25.6. The molecule has 1 unspecified atom stereocenters. The van der Waals surface area contributed by atoms with Crippen molar-refractivity contribution < 1.29 is 4.79 Å². The number of fused-ring (bicyclic) bond motifs is 2. The van der Waals surface area contributed by atoms with Crippen molar-refractivity contribution in [2.75, 3.05) is 41.5 Å². The van der Waals surface area contributed by atoms with Crippen molar-refractivity contribution in [3.63, 3.8) is 0 Å². The molecule has 2 aliphatic heterocycles. The molecule has 53 heavy (non-hydrogen) atoms. The lowest BCUT2D eigenvalue weighted by Gasteiger charge is -2.30. The largest absolute Gasteiger partial charge is 0.392 e. The molecule has 3 aliphatic rings. The van der Waals surface area contributed by atoms with Gasteiger partial charge in [-0.25, -0.2) is 4.98 Å². The van der Waals surface area contributed by atoms with Gasteiger partial charge >= 0.3 is 0 Å². The molecule has 2 aromatic heterocycles. The predicted octanol–water partition coefficient (Wildman–Crippen LogP) is 8.21. The second-order valence-electron chi connectivity index (χ2n) is 14.5. The number of likely N-dealkylation sites (N-methyl/N-ethyl adjacent to an activating group) is 1. The van der Waals surface area contributed by atoms with E-state index in [0.29, 0.717) is 28.7 Å². The fourth-order valence-corrected chi connectivity index (χ4v) is 7.87. The Morgan fingerprint density at radius 1 is 1.09 bits per heavy atom. The second kappa shape index (κ2) is 15.4. The minimum absolute atomic E-state index is 0.0205. The van der Waals surface area contributed by atoms with E-state index in [0.717, 1.165) is 114 Å². The number of amides is 1. The van der Waals surface area contributed by atoms with E-state index in [1.165, 1.54) is 5.57 Å². The maximum absolute atomic E-state index is 12.8. The summed E-state index contributed by atoms with van der Waals surface area (Å²) in [5, 5.41) is 23.0. The van der Waals surface area contributed by atoms with Crippen LogP contribution in [0, 0.1) is 5.92 Å². The highest BCUT2D eigenvalue weighted by Gasteiger charge is 2.31. The number of carbonyl (C=O) groups excluding carboxylic acids is 1. The van der Waals surface area contributed by atoms with Crippen LogP contribution in [0.3, 0.4) is 0 Å². The Kier molecular flexibility index (Phi) is 10.5. The molecule has 7 rings (SSSR count). The molecule has 1 saturated heterocycles. The molecule has 1 aliphatic carbocycles. The summed E-state index contributed by atoms with van der Waals surface area (Å²) < 4.78 is 1.91. The molecule has 2 fully saturated rings. The van der Waals surface area contributed by atoms with Crippen molar-refractivity contribution in [3.05, 3.63) is 101 Å². The van der Waals surface area contributed by atoms with Crippen LogP contribution < -0.4 is 31.5 Å². The summed E-state index contributed by atoms with van der Waals surface area (Å²) in [6.07, 6.45) is 11.3. The van der Waals surface area contributed by atoms with Crippen LogP contribution in [-0.2, 0) is 11.8 Å². The molecule has 11 nitrogen and oxygen atoms in total. The molecule has 1 atom stereocenters. The molecular formula is C41H49ClN10O. The average Bonchev–Trinajstić information content (AvgIpc) is 3.49. The average molecular weight is 733 g/mol. The number of hydrogen-bond donors (Lipinski definition) is 5. The Bertz CT molecular complexity index is 2110. The molecule has 5 N–H and O–H groups in total. The van der Waals surface area contributed by atoms with Crippen LogP contribution in [0.2, 0.25) is 5.02 Å². The minimum Gasteiger partial charge on any atom is -0.392 e. The van der Waals surface area contributed by atoms with Crippen LogP contribution in [-0.4, -0.2) is 52.3 Å². The molecule has 4 heterocycles. The molecule has 276 valence electrons. The minimum atomic E-state index is -0.267. The van der Waals surface area contributed by atoms with Crippen LogP contribution in [0.1, 0.15) is 68.5 Å². The van der Waals surface area contributed by atoms with E-state index >= 15 is 0 Å². The van der Waals surface area contributed by atoms with Crippen molar-refractivity contribution in [1.29, 1.82) is 0 Å². The quantitative estimate of drug-likeness (QED) is 0.0981. The molecule has 2 aromatic carbocycles. The Labute approximate surface area is 316 Å². The molecule has 1 saturated carbocycles. The van der Waals surface area contributed by atoms with Gasteiger partial charge in [-0.15, -0.1) is 0 Å². The molecule has 4 aromatic rings. The predicted molar refractivity (Wildman–Crippen MR) is 218 cm³/mol. The first kappa shape index (κ1) is 36.1. The lowest BCUT2D eigenvalue weighted by molar-refractivity contribution is -0.122. The number of benzene rings is 2. The van der Waals surface area contributed by atoms with Crippen molar-refractivity contribution in [2.24, 2.45) is 13.0 Å². The summed E-state index contributed by atoms with van der Waals surface area (Å²) in [6, 6.07) is 12.8. The van der Waals surface area contributed by atoms with Crippen LogP contribution >= 0.6 is 11.6 Å². The summed E-state index contributed by atoms with van der Waals surface area (Å²) in [5.74, 6) is 1.32. The van der Waals surface area contributed by atoms with Gasteiger partial charge in [-0.05, 0) is 93.2 Å². The Balaban J connectivity index is 0.950. The number of allylic oxidation sites excluding steroid dienone is 3. The van der Waals surface area contributed by atoms with Gasteiger partial charge in [0.15, 0.2) is 5.82 Å². The summed E-state index contributed by atoms with van der Waals surface area (Å²) in [4.78, 5) is 24.1.